The highest BCUT2D eigenvalue weighted by Gasteiger charge is 2.44. The molecule has 3 amide bonds. The minimum atomic E-state index is -0.860. The topological polar surface area (TPSA) is 87.7 Å². The van der Waals surface area contributed by atoms with Gasteiger partial charge in [-0.1, -0.05) is 57.9 Å². The van der Waals surface area contributed by atoms with Crippen molar-refractivity contribution in [2.45, 2.75) is 119 Å². The summed E-state index contributed by atoms with van der Waals surface area (Å²) in [5.41, 5.74) is 1.37. The van der Waals surface area contributed by atoms with E-state index >= 15 is 0 Å². The fourth-order valence-corrected chi connectivity index (χ4v) is 3.98. The number of benzene rings is 1. The molecule has 36 heavy (non-hydrogen) atoms. The zero-order valence-electron chi connectivity index (χ0n) is 24.4. The van der Waals surface area contributed by atoms with E-state index in [9.17, 15) is 14.4 Å². The molecule has 0 aromatic heterocycles. The molecule has 0 saturated heterocycles. The van der Waals surface area contributed by atoms with E-state index in [0.29, 0.717) is 13.0 Å². The molecule has 0 saturated carbocycles. The van der Waals surface area contributed by atoms with Crippen LogP contribution in [0.5, 0.6) is 0 Å². The number of nitrogens with zero attached hydrogens (tertiary/aromatic N) is 1. The van der Waals surface area contributed by atoms with Crippen LogP contribution in [0.2, 0.25) is 0 Å². The van der Waals surface area contributed by atoms with Crippen molar-refractivity contribution >= 4 is 17.9 Å². The number of amides is 3. The number of alkyl carbamates (subject to hydrolysis) is 1. The molecule has 2 N–H and O–H groups in total. The van der Waals surface area contributed by atoms with Gasteiger partial charge >= 0.3 is 6.09 Å². The molecule has 1 aromatic carbocycles. The summed E-state index contributed by atoms with van der Waals surface area (Å²) in [6, 6.07) is 4.27. The molecular weight excluding hydrogens is 454 g/mol. The first kappa shape index (κ1) is 31.5. The second-order valence-electron chi connectivity index (χ2n) is 11.6. The second kappa shape index (κ2) is 13.1. The predicted molar refractivity (Wildman–Crippen MR) is 146 cm³/mol. The van der Waals surface area contributed by atoms with E-state index in [1.54, 1.807) is 25.7 Å². The number of carbonyl (C=O) groups excluding carboxylic acids is 3. The molecule has 204 valence electrons. The van der Waals surface area contributed by atoms with Crippen LogP contribution in [0.4, 0.5) is 4.79 Å². The Morgan fingerprint density at radius 2 is 1.64 bits per heavy atom. The summed E-state index contributed by atoms with van der Waals surface area (Å²) in [7, 11) is 0. The van der Waals surface area contributed by atoms with Gasteiger partial charge in [0.25, 0.3) is 0 Å². The molecule has 2 atom stereocenters. The second-order valence-corrected chi connectivity index (χ2v) is 11.6. The third kappa shape index (κ3) is 8.82. The summed E-state index contributed by atoms with van der Waals surface area (Å²) < 4.78 is 5.45. The molecule has 1 aromatic rings. The molecular formula is C29H49N3O4. The van der Waals surface area contributed by atoms with E-state index in [1.807, 2.05) is 66.7 Å². The minimum absolute atomic E-state index is 0.216. The number of aryl methyl sites for hydroxylation is 2. The van der Waals surface area contributed by atoms with Gasteiger partial charge in [-0.2, -0.15) is 0 Å². The number of ether oxygens (including phenoxy) is 1. The normalized spacial score (nSPS) is 13.7. The van der Waals surface area contributed by atoms with Crippen molar-refractivity contribution in [3.8, 4) is 0 Å². The van der Waals surface area contributed by atoms with Gasteiger partial charge in [-0.15, -0.1) is 0 Å². The molecule has 1 rings (SSSR count). The summed E-state index contributed by atoms with van der Waals surface area (Å²) in [6.45, 7) is 21.6. The summed E-state index contributed by atoms with van der Waals surface area (Å²) >= 11 is 0. The van der Waals surface area contributed by atoms with Gasteiger partial charge in [-0.05, 0) is 78.4 Å². The van der Waals surface area contributed by atoms with E-state index in [4.69, 9.17) is 4.74 Å². The van der Waals surface area contributed by atoms with E-state index < -0.39 is 29.3 Å². The molecule has 2 unspecified atom stereocenters. The lowest BCUT2D eigenvalue weighted by molar-refractivity contribution is -0.150. The molecule has 7 nitrogen and oxygen atoms in total. The van der Waals surface area contributed by atoms with Gasteiger partial charge in [0, 0.05) is 12.1 Å². The van der Waals surface area contributed by atoms with Crippen LogP contribution in [0.25, 0.3) is 0 Å². The van der Waals surface area contributed by atoms with Crippen molar-refractivity contribution in [3.63, 3.8) is 0 Å². The highest BCUT2D eigenvalue weighted by atomic mass is 16.6. The van der Waals surface area contributed by atoms with Gasteiger partial charge in [0.2, 0.25) is 11.8 Å². The number of rotatable bonds is 11. The fraction of sp³-hybridized carbons (Fsp3) is 0.690. The van der Waals surface area contributed by atoms with Crippen LogP contribution in [-0.2, 0) is 14.3 Å². The SMILES string of the molecule is CCCCNC(=O)C(c1cc(C)ccc1C)N(C(=O)C(NC(=O)OC(C)(C)C)C(C)C)C(C)(C)CC. The average Bonchev–Trinajstić information content (AvgIpc) is 2.75. The zero-order chi connectivity index (χ0) is 27.8. The van der Waals surface area contributed by atoms with Crippen LogP contribution in [-0.4, -0.2) is 46.5 Å². The highest BCUT2D eigenvalue weighted by molar-refractivity contribution is 5.93. The maximum Gasteiger partial charge on any atom is 0.408 e. The molecule has 0 aliphatic heterocycles. The Morgan fingerprint density at radius 1 is 1.03 bits per heavy atom. The first-order valence-electron chi connectivity index (χ1n) is 13.2. The zero-order valence-corrected chi connectivity index (χ0v) is 24.4. The maximum absolute atomic E-state index is 14.3. The Morgan fingerprint density at radius 3 is 2.14 bits per heavy atom. The highest BCUT2D eigenvalue weighted by Crippen LogP contribution is 2.34. The summed E-state index contributed by atoms with van der Waals surface area (Å²) in [5, 5.41) is 5.84. The lowest BCUT2D eigenvalue weighted by Crippen LogP contribution is -2.60. The molecule has 0 aliphatic rings. The lowest BCUT2D eigenvalue weighted by atomic mass is 9.88. The van der Waals surface area contributed by atoms with E-state index in [1.165, 1.54) is 0 Å². The Labute approximate surface area is 218 Å². The monoisotopic (exact) mass is 503 g/mol. The van der Waals surface area contributed by atoms with Crippen LogP contribution < -0.4 is 10.6 Å². The Bertz CT molecular complexity index is 902. The maximum atomic E-state index is 14.3. The van der Waals surface area contributed by atoms with Gasteiger partial charge in [0.15, 0.2) is 0 Å². The van der Waals surface area contributed by atoms with Crippen molar-refractivity contribution in [2.24, 2.45) is 5.92 Å². The Balaban J connectivity index is 3.66. The van der Waals surface area contributed by atoms with Crippen molar-refractivity contribution < 1.29 is 19.1 Å². The quantitative estimate of drug-likeness (QED) is 0.372. The summed E-state index contributed by atoms with van der Waals surface area (Å²) in [4.78, 5) is 42.5. The molecule has 7 heteroatoms. The van der Waals surface area contributed by atoms with E-state index in [0.717, 1.165) is 29.5 Å². The van der Waals surface area contributed by atoms with Crippen LogP contribution in [0.1, 0.15) is 104 Å². The van der Waals surface area contributed by atoms with Crippen molar-refractivity contribution in [2.75, 3.05) is 6.54 Å². The van der Waals surface area contributed by atoms with Gasteiger partial charge in [0.05, 0.1) is 0 Å². The van der Waals surface area contributed by atoms with Crippen LogP contribution in [0.3, 0.4) is 0 Å². The first-order valence-corrected chi connectivity index (χ1v) is 13.2. The molecule has 0 fully saturated rings. The number of carbonyl (C=O) groups is 3. The summed E-state index contributed by atoms with van der Waals surface area (Å²) in [5.74, 6) is -0.742. The van der Waals surface area contributed by atoms with Gasteiger partial charge in [-0.3, -0.25) is 9.59 Å². The molecule has 0 heterocycles. The van der Waals surface area contributed by atoms with Crippen LogP contribution in [0.15, 0.2) is 18.2 Å². The number of unbranched alkanes of at least 4 members (excludes halogenated alkanes) is 1. The molecule has 0 spiro atoms. The fourth-order valence-electron chi connectivity index (χ4n) is 3.98. The van der Waals surface area contributed by atoms with Gasteiger partial charge in [0.1, 0.15) is 17.7 Å². The van der Waals surface area contributed by atoms with E-state index in [2.05, 4.69) is 17.6 Å². The average molecular weight is 504 g/mol. The predicted octanol–water partition coefficient (Wildman–Crippen LogP) is 5.83. The molecule has 0 radical (unpaired) electrons. The number of hydrogen-bond acceptors (Lipinski definition) is 4. The number of hydrogen-bond donors (Lipinski definition) is 2. The largest absolute Gasteiger partial charge is 0.444 e. The standard InChI is InChI=1S/C29H49N3O4/c1-12-14-17-30-25(33)24(22-18-20(5)15-16-21(22)6)32(29(10,11)13-2)26(34)23(19(3)4)31-27(35)36-28(7,8)9/h15-16,18-19,23-24H,12-14,17H2,1-11H3,(H,30,33)(H,31,35). The van der Waals surface area contributed by atoms with Crippen molar-refractivity contribution in [3.05, 3.63) is 34.9 Å². The summed E-state index contributed by atoms with van der Waals surface area (Å²) in [6.07, 6.45) is 1.77. The van der Waals surface area contributed by atoms with Crippen LogP contribution >= 0.6 is 0 Å². The third-order valence-electron chi connectivity index (χ3n) is 6.43. The van der Waals surface area contributed by atoms with Crippen LogP contribution in [0, 0.1) is 19.8 Å². The van der Waals surface area contributed by atoms with Gasteiger partial charge < -0.3 is 20.3 Å². The Kier molecular flexibility index (Phi) is 11.5. The van der Waals surface area contributed by atoms with E-state index in [-0.39, 0.29) is 17.7 Å². The lowest BCUT2D eigenvalue weighted by Gasteiger charge is -2.45. The smallest absolute Gasteiger partial charge is 0.408 e. The first-order chi connectivity index (χ1) is 16.6. The third-order valence-corrected chi connectivity index (χ3v) is 6.43. The minimum Gasteiger partial charge on any atom is -0.444 e. The molecule has 0 aliphatic carbocycles. The van der Waals surface area contributed by atoms with Crippen molar-refractivity contribution in [1.29, 1.82) is 0 Å². The van der Waals surface area contributed by atoms with Gasteiger partial charge in [-0.25, -0.2) is 4.79 Å². The number of nitrogens with one attached hydrogen (secondary N) is 2. The van der Waals surface area contributed by atoms with Crippen molar-refractivity contribution in [1.82, 2.24) is 15.5 Å². The molecule has 0 bridgehead atoms. The Hall–Kier alpha value is -2.57.